The summed E-state index contributed by atoms with van der Waals surface area (Å²) < 4.78 is 5.42. The highest BCUT2D eigenvalue weighted by molar-refractivity contribution is 7.20. The molecule has 2 aromatic rings. The van der Waals surface area contributed by atoms with Gasteiger partial charge in [-0.3, -0.25) is 4.79 Å². The van der Waals surface area contributed by atoms with E-state index in [0.717, 1.165) is 52.4 Å². The molecule has 0 radical (unpaired) electrons. The number of nitrogens with zero attached hydrogens (tertiary/aromatic N) is 3. The maximum atomic E-state index is 12.4. The first-order chi connectivity index (χ1) is 11.2. The van der Waals surface area contributed by atoms with E-state index in [4.69, 9.17) is 4.74 Å². The molecule has 1 fully saturated rings. The Morgan fingerprint density at radius 1 is 1.39 bits per heavy atom. The molecule has 6 nitrogen and oxygen atoms in total. The van der Waals surface area contributed by atoms with Gasteiger partial charge in [-0.2, -0.15) is 0 Å². The number of aromatic nitrogens is 2. The Morgan fingerprint density at radius 3 is 2.91 bits per heavy atom. The number of nitrogens with one attached hydrogen (secondary N) is 1. The summed E-state index contributed by atoms with van der Waals surface area (Å²) >= 11 is 1.45. The number of carbonyl (C=O) groups excluding carboxylic acids is 1. The van der Waals surface area contributed by atoms with Gasteiger partial charge >= 0.3 is 0 Å². The van der Waals surface area contributed by atoms with Crippen molar-refractivity contribution in [3.63, 3.8) is 0 Å². The van der Waals surface area contributed by atoms with Crippen molar-refractivity contribution in [3.05, 3.63) is 16.8 Å². The molecule has 0 unspecified atom stereocenters. The summed E-state index contributed by atoms with van der Waals surface area (Å²) in [5.74, 6) is 0.909. The number of rotatable bonds is 5. The van der Waals surface area contributed by atoms with Gasteiger partial charge in [0.25, 0.3) is 5.91 Å². The van der Waals surface area contributed by atoms with Crippen molar-refractivity contribution in [3.8, 4) is 0 Å². The van der Waals surface area contributed by atoms with Crippen LogP contribution in [-0.4, -0.2) is 48.7 Å². The van der Waals surface area contributed by atoms with Gasteiger partial charge in [-0.05, 0) is 18.9 Å². The van der Waals surface area contributed by atoms with Crippen molar-refractivity contribution in [1.82, 2.24) is 15.3 Å². The first-order valence-electron chi connectivity index (χ1n) is 8.07. The molecule has 1 N–H and O–H groups in total. The zero-order valence-electron chi connectivity index (χ0n) is 13.6. The molecule has 7 heteroatoms. The van der Waals surface area contributed by atoms with Crippen molar-refractivity contribution in [2.45, 2.75) is 26.7 Å². The van der Waals surface area contributed by atoms with E-state index in [9.17, 15) is 4.79 Å². The lowest BCUT2D eigenvalue weighted by atomic mass is 10.2. The number of fused-ring (bicyclic) bond motifs is 1. The van der Waals surface area contributed by atoms with Gasteiger partial charge in [-0.1, -0.05) is 13.3 Å². The highest BCUT2D eigenvalue weighted by Gasteiger charge is 2.22. The summed E-state index contributed by atoms with van der Waals surface area (Å²) in [6, 6.07) is 0. The molecule has 1 aliphatic heterocycles. The molecule has 0 bridgehead atoms. The monoisotopic (exact) mass is 334 g/mol. The minimum Gasteiger partial charge on any atom is -0.378 e. The first kappa shape index (κ1) is 16.1. The maximum Gasteiger partial charge on any atom is 0.261 e. The standard InChI is InChI=1S/C16H22N4O2S/c1-3-4-5-17-15(21)13-11(2)12-14(18-10-19-16(12)23-13)20-6-8-22-9-7-20/h10H,3-9H2,1-2H3,(H,17,21). The Morgan fingerprint density at radius 2 is 2.17 bits per heavy atom. The third-order valence-electron chi connectivity index (χ3n) is 4.04. The molecule has 0 aliphatic carbocycles. The number of amides is 1. The van der Waals surface area contributed by atoms with E-state index in [2.05, 4.69) is 27.1 Å². The second-order valence-electron chi connectivity index (χ2n) is 5.64. The number of anilines is 1. The van der Waals surface area contributed by atoms with Gasteiger partial charge in [0.05, 0.1) is 23.5 Å². The molecule has 1 aliphatic rings. The lowest BCUT2D eigenvalue weighted by Crippen LogP contribution is -2.36. The maximum absolute atomic E-state index is 12.4. The minimum atomic E-state index is -0.00752. The summed E-state index contributed by atoms with van der Waals surface area (Å²) in [6.45, 7) is 7.86. The molecule has 1 saturated heterocycles. The van der Waals surface area contributed by atoms with Crippen LogP contribution in [0.5, 0.6) is 0 Å². The Balaban J connectivity index is 1.93. The average Bonchev–Trinajstić information content (AvgIpc) is 2.93. The number of carbonyl (C=O) groups is 1. The predicted octanol–water partition coefficient (Wildman–Crippen LogP) is 2.37. The Bertz CT molecular complexity index is 695. The quantitative estimate of drug-likeness (QED) is 0.850. The van der Waals surface area contributed by atoms with E-state index < -0.39 is 0 Å². The molecule has 124 valence electrons. The van der Waals surface area contributed by atoms with E-state index in [0.29, 0.717) is 19.8 Å². The topological polar surface area (TPSA) is 67.4 Å². The van der Waals surface area contributed by atoms with Gasteiger partial charge in [0.1, 0.15) is 17.0 Å². The number of hydrogen-bond acceptors (Lipinski definition) is 6. The van der Waals surface area contributed by atoms with Crippen molar-refractivity contribution >= 4 is 33.3 Å². The molecule has 0 saturated carbocycles. The van der Waals surface area contributed by atoms with Crippen molar-refractivity contribution in [2.24, 2.45) is 0 Å². The zero-order valence-corrected chi connectivity index (χ0v) is 14.4. The third kappa shape index (κ3) is 3.30. The van der Waals surface area contributed by atoms with Crippen LogP contribution in [0.15, 0.2) is 6.33 Å². The Labute approximate surface area is 139 Å². The van der Waals surface area contributed by atoms with E-state index in [1.54, 1.807) is 6.33 Å². The smallest absolute Gasteiger partial charge is 0.261 e. The van der Waals surface area contributed by atoms with Crippen molar-refractivity contribution in [2.75, 3.05) is 37.7 Å². The molecular weight excluding hydrogens is 312 g/mol. The van der Waals surface area contributed by atoms with E-state index >= 15 is 0 Å². The zero-order chi connectivity index (χ0) is 16.2. The van der Waals surface area contributed by atoms with Crippen LogP contribution in [-0.2, 0) is 4.74 Å². The number of thiophene rings is 1. The third-order valence-corrected chi connectivity index (χ3v) is 5.24. The highest BCUT2D eigenvalue weighted by atomic mass is 32.1. The average molecular weight is 334 g/mol. The molecule has 3 heterocycles. The lowest BCUT2D eigenvalue weighted by Gasteiger charge is -2.28. The van der Waals surface area contributed by atoms with Gasteiger partial charge < -0.3 is 15.0 Å². The minimum absolute atomic E-state index is 0.00752. The number of aryl methyl sites for hydroxylation is 1. The van der Waals surface area contributed by atoms with Crippen LogP contribution in [0, 0.1) is 6.92 Å². The molecule has 3 rings (SSSR count). The molecule has 0 atom stereocenters. The Hall–Kier alpha value is -1.73. The van der Waals surface area contributed by atoms with Crippen LogP contribution in [0.2, 0.25) is 0 Å². The SMILES string of the molecule is CCCCNC(=O)c1sc2ncnc(N3CCOCC3)c2c1C. The number of ether oxygens (including phenoxy) is 1. The molecule has 23 heavy (non-hydrogen) atoms. The number of morpholine rings is 1. The first-order valence-corrected chi connectivity index (χ1v) is 8.89. The van der Waals surface area contributed by atoms with Gasteiger partial charge in [0.2, 0.25) is 0 Å². The van der Waals surface area contributed by atoms with Gasteiger partial charge in [-0.15, -0.1) is 11.3 Å². The predicted molar refractivity (Wildman–Crippen MR) is 92.4 cm³/mol. The summed E-state index contributed by atoms with van der Waals surface area (Å²) in [6.07, 6.45) is 3.65. The van der Waals surface area contributed by atoms with Gasteiger partial charge in [-0.25, -0.2) is 9.97 Å². The van der Waals surface area contributed by atoms with Gasteiger partial charge in [0.15, 0.2) is 0 Å². The Kier molecular flexibility index (Phi) is 5.07. The number of unbranched alkanes of at least 4 members (excludes halogenated alkanes) is 1. The van der Waals surface area contributed by atoms with Crippen LogP contribution in [0.1, 0.15) is 35.0 Å². The van der Waals surface area contributed by atoms with Crippen LogP contribution in [0.25, 0.3) is 10.2 Å². The summed E-state index contributed by atoms with van der Waals surface area (Å²) in [7, 11) is 0. The molecule has 0 spiro atoms. The van der Waals surface area contributed by atoms with E-state index in [1.165, 1.54) is 11.3 Å². The van der Waals surface area contributed by atoms with E-state index in [1.807, 2.05) is 6.92 Å². The molecule has 2 aromatic heterocycles. The fraction of sp³-hybridized carbons (Fsp3) is 0.562. The van der Waals surface area contributed by atoms with Crippen molar-refractivity contribution in [1.29, 1.82) is 0 Å². The largest absolute Gasteiger partial charge is 0.378 e. The molecule has 1 amide bonds. The normalized spacial score (nSPS) is 15.1. The summed E-state index contributed by atoms with van der Waals surface area (Å²) in [5, 5.41) is 3.99. The fourth-order valence-corrected chi connectivity index (χ4v) is 3.80. The second-order valence-corrected chi connectivity index (χ2v) is 6.64. The summed E-state index contributed by atoms with van der Waals surface area (Å²) in [5.41, 5.74) is 0.973. The van der Waals surface area contributed by atoms with Crippen LogP contribution < -0.4 is 10.2 Å². The van der Waals surface area contributed by atoms with Gasteiger partial charge in [0, 0.05) is 19.6 Å². The number of hydrogen-bond donors (Lipinski definition) is 1. The molecule has 0 aromatic carbocycles. The van der Waals surface area contributed by atoms with Crippen LogP contribution in [0.4, 0.5) is 5.82 Å². The molecular formula is C16H22N4O2S. The second kappa shape index (κ2) is 7.23. The summed E-state index contributed by atoms with van der Waals surface area (Å²) in [4.78, 5) is 25.1. The van der Waals surface area contributed by atoms with E-state index in [-0.39, 0.29) is 5.91 Å². The highest BCUT2D eigenvalue weighted by Crippen LogP contribution is 2.35. The fourth-order valence-electron chi connectivity index (χ4n) is 2.74. The van der Waals surface area contributed by atoms with Crippen LogP contribution in [0.3, 0.4) is 0 Å². The van der Waals surface area contributed by atoms with Crippen LogP contribution >= 0.6 is 11.3 Å². The van der Waals surface area contributed by atoms with Crippen molar-refractivity contribution < 1.29 is 9.53 Å². The lowest BCUT2D eigenvalue weighted by molar-refractivity contribution is 0.0956.